The summed E-state index contributed by atoms with van der Waals surface area (Å²) in [5.74, 6) is -0.327. The van der Waals surface area contributed by atoms with Gasteiger partial charge in [-0.3, -0.25) is 9.69 Å². The van der Waals surface area contributed by atoms with Gasteiger partial charge in [-0.25, -0.2) is 4.39 Å². The van der Waals surface area contributed by atoms with Gasteiger partial charge in [-0.1, -0.05) is 0 Å². The fraction of sp³-hybridized carbons (Fsp3) is 0.588. The fourth-order valence-corrected chi connectivity index (χ4v) is 3.16. The smallest absolute Gasteiger partial charge is 0.253 e. The Kier molecular flexibility index (Phi) is 5.59. The highest BCUT2D eigenvalue weighted by Crippen LogP contribution is 2.11. The number of halogens is 1. The molecule has 2 aliphatic rings. The van der Waals surface area contributed by atoms with Crippen molar-refractivity contribution < 1.29 is 13.9 Å². The molecule has 0 aliphatic carbocycles. The van der Waals surface area contributed by atoms with Crippen LogP contribution in [0.2, 0.25) is 0 Å². The van der Waals surface area contributed by atoms with Crippen molar-refractivity contribution in [3.63, 3.8) is 0 Å². The van der Waals surface area contributed by atoms with E-state index in [1.165, 1.54) is 12.1 Å². The SMILES string of the molecule is O=C(c1ccc(F)cc1)N1CCCN(CC2CNCCO2)CC1. The molecule has 1 aromatic rings. The first-order valence-electron chi connectivity index (χ1n) is 8.32. The first kappa shape index (κ1) is 16.4. The summed E-state index contributed by atoms with van der Waals surface area (Å²) in [7, 11) is 0. The summed E-state index contributed by atoms with van der Waals surface area (Å²) in [6.45, 7) is 6.79. The maximum atomic E-state index is 13.0. The van der Waals surface area contributed by atoms with Gasteiger partial charge in [-0.15, -0.1) is 0 Å². The standard InChI is InChI=1S/C17H24FN3O2/c18-15-4-2-14(3-5-15)17(22)21-8-1-7-20(9-10-21)13-16-12-19-6-11-23-16/h2-5,16,19H,1,6-13H2. The minimum absolute atomic E-state index is 0.0116. The molecule has 0 spiro atoms. The van der Waals surface area contributed by atoms with Crippen LogP contribution in [0, 0.1) is 5.82 Å². The van der Waals surface area contributed by atoms with Crippen LogP contribution in [0.5, 0.6) is 0 Å². The molecule has 3 rings (SSSR count). The van der Waals surface area contributed by atoms with E-state index in [1.54, 1.807) is 12.1 Å². The van der Waals surface area contributed by atoms with Gasteiger partial charge in [0.15, 0.2) is 0 Å². The van der Waals surface area contributed by atoms with Gasteiger partial charge in [0.25, 0.3) is 5.91 Å². The second-order valence-electron chi connectivity index (χ2n) is 6.15. The lowest BCUT2D eigenvalue weighted by Gasteiger charge is -2.29. The van der Waals surface area contributed by atoms with Crippen LogP contribution in [-0.2, 0) is 4.74 Å². The Morgan fingerprint density at radius 3 is 2.78 bits per heavy atom. The van der Waals surface area contributed by atoms with Crippen molar-refractivity contribution in [2.45, 2.75) is 12.5 Å². The molecule has 2 saturated heterocycles. The lowest BCUT2D eigenvalue weighted by atomic mass is 10.2. The van der Waals surface area contributed by atoms with Crippen LogP contribution in [-0.4, -0.2) is 74.2 Å². The van der Waals surface area contributed by atoms with E-state index in [0.717, 1.165) is 52.3 Å². The number of nitrogens with one attached hydrogen (secondary N) is 1. The van der Waals surface area contributed by atoms with Crippen molar-refractivity contribution in [1.29, 1.82) is 0 Å². The average Bonchev–Trinajstić information content (AvgIpc) is 2.81. The van der Waals surface area contributed by atoms with Crippen molar-refractivity contribution in [3.05, 3.63) is 35.6 Å². The predicted molar refractivity (Wildman–Crippen MR) is 86.0 cm³/mol. The molecule has 5 nitrogen and oxygen atoms in total. The molecule has 0 saturated carbocycles. The fourth-order valence-electron chi connectivity index (χ4n) is 3.16. The van der Waals surface area contributed by atoms with Gasteiger partial charge < -0.3 is 15.0 Å². The molecule has 23 heavy (non-hydrogen) atoms. The van der Waals surface area contributed by atoms with Crippen LogP contribution in [0.3, 0.4) is 0 Å². The number of carbonyl (C=O) groups excluding carboxylic acids is 1. The summed E-state index contributed by atoms with van der Waals surface area (Å²) in [6, 6.07) is 5.79. The third kappa shape index (κ3) is 4.50. The van der Waals surface area contributed by atoms with Crippen molar-refractivity contribution in [2.24, 2.45) is 0 Å². The summed E-state index contributed by atoms with van der Waals surface area (Å²) < 4.78 is 18.7. The molecule has 1 N–H and O–H groups in total. The number of morpholine rings is 1. The maximum Gasteiger partial charge on any atom is 0.253 e. The molecule has 0 bridgehead atoms. The van der Waals surface area contributed by atoms with Crippen LogP contribution in [0.4, 0.5) is 4.39 Å². The molecule has 2 heterocycles. The van der Waals surface area contributed by atoms with E-state index in [-0.39, 0.29) is 17.8 Å². The van der Waals surface area contributed by atoms with Gasteiger partial charge in [0.05, 0.1) is 12.7 Å². The van der Waals surface area contributed by atoms with Crippen LogP contribution < -0.4 is 5.32 Å². The molecule has 1 unspecified atom stereocenters. The highest BCUT2D eigenvalue weighted by atomic mass is 19.1. The third-order valence-electron chi connectivity index (χ3n) is 4.43. The molecular formula is C17H24FN3O2. The normalized spacial score (nSPS) is 23.5. The third-order valence-corrected chi connectivity index (χ3v) is 4.43. The van der Waals surface area contributed by atoms with Gasteiger partial charge in [-0.05, 0) is 37.2 Å². The second kappa shape index (κ2) is 7.86. The number of nitrogens with zero attached hydrogens (tertiary/aromatic N) is 2. The molecule has 1 atom stereocenters. The second-order valence-corrected chi connectivity index (χ2v) is 6.15. The monoisotopic (exact) mass is 321 g/mol. The first-order chi connectivity index (χ1) is 11.2. The van der Waals surface area contributed by atoms with E-state index in [9.17, 15) is 9.18 Å². The van der Waals surface area contributed by atoms with Crippen molar-refractivity contribution in [3.8, 4) is 0 Å². The van der Waals surface area contributed by atoms with Crippen molar-refractivity contribution >= 4 is 5.91 Å². The summed E-state index contributed by atoms with van der Waals surface area (Å²) in [6.07, 6.45) is 1.19. The summed E-state index contributed by atoms with van der Waals surface area (Å²) >= 11 is 0. The number of ether oxygens (including phenoxy) is 1. The minimum atomic E-state index is -0.315. The number of benzene rings is 1. The first-order valence-corrected chi connectivity index (χ1v) is 8.32. The zero-order chi connectivity index (χ0) is 16.1. The topological polar surface area (TPSA) is 44.8 Å². The number of hydrogen-bond donors (Lipinski definition) is 1. The van der Waals surface area contributed by atoms with Gasteiger partial charge >= 0.3 is 0 Å². The molecule has 6 heteroatoms. The number of rotatable bonds is 3. The van der Waals surface area contributed by atoms with Crippen LogP contribution in [0.25, 0.3) is 0 Å². The Balaban J connectivity index is 1.53. The summed E-state index contributed by atoms with van der Waals surface area (Å²) in [4.78, 5) is 16.7. The number of hydrogen-bond acceptors (Lipinski definition) is 4. The van der Waals surface area contributed by atoms with E-state index >= 15 is 0 Å². The Morgan fingerprint density at radius 1 is 1.22 bits per heavy atom. The lowest BCUT2D eigenvalue weighted by molar-refractivity contribution is 0.00630. The molecule has 126 valence electrons. The van der Waals surface area contributed by atoms with Gasteiger partial charge in [0.1, 0.15) is 5.82 Å². The van der Waals surface area contributed by atoms with E-state index in [0.29, 0.717) is 12.1 Å². The Morgan fingerprint density at radius 2 is 2.04 bits per heavy atom. The molecule has 2 aliphatic heterocycles. The Bertz CT molecular complexity index is 517. The van der Waals surface area contributed by atoms with E-state index in [2.05, 4.69) is 10.2 Å². The molecule has 0 radical (unpaired) electrons. The zero-order valence-electron chi connectivity index (χ0n) is 13.3. The molecular weight excluding hydrogens is 297 g/mol. The van der Waals surface area contributed by atoms with E-state index in [4.69, 9.17) is 4.74 Å². The number of carbonyl (C=O) groups is 1. The predicted octanol–water partition coefficient (Wildman–Crippen LogP) is 0.962. The highest BCUT2D eigenvalue weighted by molar-refractivity contribution is 5.94. The molecule has 2 fully saturated rings. The largest absolute Gasteiger partial charge is 0.374 e. The quantitative estimate of drug-likeness (QED) is 0.901. The van der Waals surface area contributed by atoms with Crippen molar-refractivity contribution in [1.82, 2.24) is 15.1 Å². The van der Waals surface area contributed by atoms with Gasteiger partial charge in [0.2, 0.25) is 0 Å². The lowest BCUT2D eigenvalue weighted by Crippen LogP contribution is -2.46. The Hall–Kier alpha value is -1.50. The zero-order valence-corrected chi connectivity index (χ0v) is 13.3. The molecule has 1 amide bonds. The van der Waals surface area contributed by atoms with Crippen LogP contribution in [0.15, 0.2) is 24.3 Å². The Labute approximate surface area is 136 Å². The average molecular weight is 321 g/mol. The molecule has 0 aromatic heterocycles. The molecule has 1 aromatic carbocycles. The maximum absolute atomic E-state index is 13.0. The van der Waals surface area contributed by atoms with Crippen molar-refractivity contribution in [2.75, 3.05) is 52.4 Å². The number of amides is 1. The van der Waals surface area contributed by atoms with E-state index < -0.39 is 0 Å². The van der Waals surface area contributed by atoms with Gasteiger partial charge in [-0.2, -0.15) is 0 Å². The van der Waals surface area contributed by atoms with Gasteiger partial charge in [0, 0.05) is 44.8 Å². The minimum Gasteiger partial charge on any atom is -0.374 e. The van der Waals surface area contributed by atoms with Crippen LogP contribution >= 0.6 is 0 Å². The van der Waals surface area contributed by atoms with E-state index in [1.807, 2.05) is 4.90 Å². The summed E-state index contributed by atoms with van der Waals surface area (Å²) in [5.41, 5.74) is 0.555. The van der Waals surface area contributed by atoms with Crippen LogP contribution in [0.1, 0.15) is 16.8 Å². The highest BCUT2D eigenvalue weighted by Gasteiger charge is 2.23. The summed E-state index contributed by atoms with van der Waals surface area (Å²) in [5, 5.41) is 3.35.